The first kappa shape index (κ1) is 17.8. The highest BCUT2D eigenvalue weighted by Crippen LogP contribution is 2.46. The molecule has 0 aromatic carbocycles. The van der Waals surface area contributed by atoms with Crippen LogP contribution in [-0.4, -0.2) is 45.4 Å². The van der Waals surface area contributed by atoms with Crippen LogP contribution < -0.4 is 5.32 Å². The standard InChI is InChI=1S/C20H31N5/c1-7-21-18(25-14-19(3,4)20(25,5)6)22-11-10-16-13-24-12-8-9-15(2)17(24)23-16/h8-9,12-13H,7,10-11,14H2,1-6H3,(H,21,22). The molecule has 25 heavy (non-hydrogen) atoms. The number of aromatic nitrogens is 2. The molecule has 1 saturated heterocycles. The molecule has 3 heterocycles. The average molecular weight is 342 g/mol. The van der Waals surface area contributed by atoms with Crippen molar-refractivity contribution in [3.05, 3.63) is 35.8 Å². The number of aliphatic imine (C=N–C) groups is 1. The van der Waals surface area contributed by atoms with Crippen molar-refractivity contribution in [2.45, 2.75) is 53.5 Å². The molecule has 0 radical (unpaired) electrons. The van der Waals surface area contributed by atoms with E-state index in [9.17, 15) is 0 Å². The number of guanidine groups is 1. The molecular weight excluding hydrogens is 310 g/mol. The Hall–Kier alpha value is -2.04. The maximum absolute atomic E-state index is 4.87. The summed E-state index contributed by atoms with van der Waals surface area (Å²) in [6.45, 7) is 16.2. The Bertz CT molecular complexity index is 784. The van der Waals surface area contributed by atoms with Crippen LogP contribution in [0.15, 0.2) is 29.5 Å². The summed E-state index contributed by atoms with van der Waals surface area (Å²) in [7, 11) is 0. The number of likely N-dealkylation sites (tertiary alicyclic amines) is 1. The predicted molar refractivity (Wildman–Crippen MR) is 104 cm³/mol. The second kappa shape index (κ2) is 6.36. The smallest absolute Gasteiger partial charge is 0.194 e. The molecule has 2 aromatic heterocycles. The molecule has 0 bridgehead atoms. The van der Waals surface area contributed by atoms with Crippen LogP contribution in [0.25, 0.3) is 5.65 Å². The molecule has 5 heteroatoms. The first-order valence-corrected chi connectivity index (χ1v) is 9.25. The first-order chi connectivity index (χ1) is 11.8. The van der Waals surface area contributed by atoms with Gasteiger partial charge in [0.25, 0.3) is 0 Å². The van der Waals surface area contributed by atoms with E-state index in [0.29, 0.717) is 5.41 Å². The van der Waals surface area contributed by atoms with Crippen LogP contribution in [-0.2, 0) is 6.42 Å². The Kier molecular flexibility index (Phi) is 4.52. The van der Waals surface area contributed by atoms with Gasteiger partial charge in [-0.2, -0.15) is 0 Å². The van der Waals surface area contributed by atoms with Gasteiger partial charge in [-0.05, 0) is 39.3 Å². The number of pyridine rings is 1. The molecule has 136 valence electrons. The lowest BCUT2D eigenvalue weighted by atomic mass is 9.65. The second-order valence-corrected chi connectivity index (χ2v) is 8.17. The zero-order valence-electron chi connectivity index (χ0n) is 16.4. The maximum atomic E-state index is 4.87. The Labute approximate surface area is 151 Å². The van der Waals surface area contributed by atoms with Crippen molar-refractivity contribution in [3.63, 3.8) is 0 Å². The van der Waals surface area contributed by atoms with Gasteiger partial charge in [0, 0.05) is 49.4 Å². The number of aryl methyl sites for hydroxylation is 1. The summed E-state index contributed by atoms with van der Waals surface area (Å²) in [4.78, 5) is 12.0. The van der Waals surface area contributed by atoms with E-state index in [2.05, 4.69) is 80.7 Å². The van der Waals surface area contributed by atoms with Crippen LogP contribution in [0.2, 0.25) is 0 Å². The number of imidazole rings is 1. The van der Waals surface area contributed by atoms with E-state index < -0.39 is 0 Å². The van der Waals surface area contributed by atoms with Crippen LogP contribution in [0.4, 0.5) is 0 Å². The van der Waals surface area contributed by atoms with E-state index >= 15 is 0 Å². The topological polar surface area (TPSA) is 44.9 Å². The third-order valence-electron chi connectivity index (χ3n) is 5.83. The van der Waals surface area contributed by atoms with E-state index in [1.165, 1.54) is 5.56 Å². The Morgan fingerprint density at radius 3 is 2.68 bits per heavy atom. The van der Waals surface area contributed by atoms with Gasteiger partial charge in [0.1, 0.15) is 5.65 Å². The minimum atomic E-state index is 0.119. The summed E-state index contributed by atoms with van der Waals surface area (Å²) in [5.41, 5.74) is 3.77. The van der Waals surface area contributed by atoms with Gasteiger partial charge >= 0.3 is 0 Å². The Balaban J connectivity index is 1.71. The largest absolute Gasteiger partial charge is 0.356 e. The maximum Gasteiger partial charge on any atom is 0.194 e. The SMILES string of the molecule is CCNC(=NCCc1cn2cccc(C)c2n1)N1CC(C)(C)C1(C)C. The van der Waals surface area contributed by atoms with Gasteiger partial charge in [0.2, 0.25) is 0 Å². The highest BCUT2D eigenvalue weighted by Gasteiger charge is 2.53. The Morgan fingerprint density at radius 2 is 2.08 bits per heavy atom. The minimum absolute atomic E-state index is 0.119. The van der Waals surface area contributed by atoms with E-state index in [1.54, 1.807) is 0 Å². The van der Waals surface area contributed by atoms with Crippen LogP contribution in [0.1, 0.15) is 45.9 Å². The third-order valence-corrected chi connectivity index (χ3v) is 5.83. The Morgan fingerprint density at radius 1 is 1.32 bits per heavy atom. The molecule has 1 aliphatic heterocycles. The predicted octanol–water partition coefficient (Wildman–Crippen LogP) is 3.27. The zero-order valence-corrected chi connectivity index (χ0v) is 16.4. The van der Waals surface area contributed by atoms with Crippen LogP contribution in [0, 0.1) is 12.3 Å². The zero-order chi connectivity index (χ0) is 18.2. The van der Waals surface area contributed by atoms with Gasteiger partial charge < -0.3 is 14.6 Å². The lowest BCUT2D eigenvalue weighted by Gasteiger charge is -2.62. The van der Waals surface area contributed by atoms with E-state index in [-0.39, 0.29) is 5.54 Å². The number of nitrogens with zero attached hydrogens (tertiary/aromatic N) is 4. The third kappa shape index (κ3) is 3.12. The fraction of sp³-hybridized carbons (Fsp3) is 0.600. The van der Waals surface area contributed by atoms with Gasteiger partial charge in [-0.1, -0.05) is 19.9 Å². The monoisotopic (exact) mass is 341 g/mol. The van der Waals surface area contributed by atoms with Gasteiger partial charge in [-0.15, -0.1) is 0 Å². The summed E-state index contributed by atoms with van der Waals surface area (Å²) in [6.07, 6.45) is 5.02. The van der Waals surface area contributed by atoms with Crippen LogP contribution >= 0.6 is 0 Å². The van der Waals surface area contributed by atoms with Crippen molar-refractivity contribution in [3.8, 4) is 0 Å². The summed E-state index contributed by atoms with van der Waals surface area (Å²) < 4.78 is 2.10. The number of hydrogen-bond acceptors (Lipinski definition) is 2. The molecule has 0 atom stereocenters. The van der Waals surface area contributed by atoms with Crippen molar-refractivity contribution in [1.29, 1.82) is 0 Å². The summed E-state index contributed by atoms with van der Waals surface area (Å²) in [5, 5.41) is 3.45. The fourth-order valence-electron chi connectivity index (χ4n) is 3.40. The molecule has 0 unspecified atom stereocenters. The van der Waals surface area contributed by atoms with Crippen molar-refractivity contribution in [1.82, 2.24) is 19.6 Å². The van der Waals surface area contributed by atoms with Crippen molar-refractivity contribution in [2.24, 2.45) is 10.4 Å². The average Bonchev–Trinajstić information content (AvgIpc) is 2.96. The van der Waals surface area contributed by atoms with E-state index in [4.69, 9.17) is 9.98 Å². The summed E-state index contributed by atoms with van der Waals surface area (Å²) >= 11 is 0. The number of fused-ring (bicyclic) bond motifs is 1. The number of rotatable bonds is 4. The molecule has 2 aromatic rings. The molecule has 5 nitrogen and oxygen atoms in total. The molecule has 0 spiro atoms. The van der Waals surface area contributed by atoms with Crippen LogP contribution in [0.3, 0.4) is 0 Å². The molecule has 1 N–H and O–H groups in total. The van der Waals surface area contributed by atoms with Gasteiger partial charge in [-0.25, -0.2) is 4.98 Å². The van der Waals surface area contributed by atoms with Gasteiger partial charge in [0.05, 0.1) is 5.69 Å². The quantitative estimate of drug-likeness (QED) is 0.686. The highest BCUT2D eigenvalue weighted by atomic mass is 15.4. The normalized spacial score (nSPS) is 19.1. The van der Waals surface area contributed by atoms with E-state index in [1.807, 2.05) is 0 Å². The lowest BCUT2D eigenvalue weighted by molar-refractivity contribution is -0.0667. The molecular formula is C20H31N5. The minimum Gasteiger partial charge on any atom is -0.356 e. The molecule has 1 aliphatic rings. The molecule has 1 fully saturated rings. The fourth-order valence-corrected chi connectivity index (χ4v) is 3.40. The number of hydrogen-bond donors (Lipinski definition) is 1. The number of nitrogens with one attached hydrogen (secondary N) is 1. The molecule has 0 amide bonds. The second-order valence-electron chi connectivity index (χ2n) is 8.17. The molecule has 0 aliphatic carbocycles. The molecule has 0 saturated carbocycles. The van der Waals surface area contributed by atoms with Crippen molar-refractivity contribution >= 4 is 11.6 Å². The summed E-state index contributed by atoms with van der Waals surface area (Å²) in [6, 6.07) is 4.16. The highest BCUT2D eigenvalue weighted by molar-refractivity contribution is 5.82. The first-order valence-electron chi connectivity index (χ1n) is 9.25. The molecule has 3 rings (SSSR count). The van der Waals surface area contributed by atoms with Gasteiger partial charge in [-0.3, -0.25) is 4.99 Å². The van der Waals surface area contributed by atoms with Crippen LogP contribution in [0.5, 0.6) is 0 Å². The van der Waals surface area contributed by atoms with E-state index in [0.717, 1.165) is 43.4 Å². The summed E-state index contributed by atoms with van der Waals surface area (Å²) in [5.74, 6) is 1.02. The van der Waals surface area contributed by atoms with Crippen molar-refractivity contribution in [2.75, 3.05) is 19.6 Å². The van der Waals surface area contributed by atoms with Crippen molar-refractivity contribution < 1.29 is 0 Å². The lowest BCUT2D eigenvalue weighted by Crippen LogP contribution is -2.72. The van der Waals surface area contributed by atoms with Gasteiger partial charge in [0.15, 0.2) is 5.96 Å².